The lowest BCUT2D eigenvalue weighted by Crippen LogP contribution is -2.26. The van der Waals surface area contributed by atoms with Crippen molar-refractivity contribution in [2.24, 2.45) is 0 Å². The van der Waals surface area contributed by atoms with Crippen LogP contribution in [0.5, 0.6) is 0 Å². The summed E-state index contributed by atoms with van der Waals surface area (Å²) in [5, 5.41) is 1.97. The highest BCUT2D eigenvalue weighted by molar-refractivity contribution is 7.89. The topological polar surface area (TPSA) is 63.4 Å². The van der Waals surface area contributed by atoms with E-state index in [2.05, 4.69) is 0 Å². The van der Waals surface area contributed by atoms with Crippen LogP contribution in [-0.2, 0) is 23.0 Å². The van der Waals surface area contributed by atoms with Gasteiger partial charge in [-0.1, -0.05) is 13.0 Å². The molecule has 0 unspecified atom stereocenters. The Balaban J connectivity index is 2.29. The monoisotopic (exact) mass is 324 g/mol. The van der Waals surface area contributed by atoms with E-state index >= 15 is 0 Å². The van der Waals surface area contributed by atoms with Gasteiger partial charge in [-0.3, -0.25) is 0 Å². The molecule has 1 heterocycles. The fraction of sp³-hybridized carbons (Fsp3) is 0.333. The molecule has 1 aromatic carbocycles. The number of thiophene rings is 1. The summed E-state index contributed by atoms with van der Waals surface area (Å²) in [4.78, 5) is 1.30. The summed E-state index contributed by atoms with van der Waals surface area (Å²) in [6.45, 7) is 4.35. The van der Waals surface area contributed by atoms with Gasteiger partial charge in [-0.15, -0.1) is 11.3 Å². The van der Waals surface area contributed by atoms with E-state index in [4.69, 9.17) is 5.73 Å². The van der Waals surface area contributed by atoms with Gasteiger partial charge in [0.15, 0.2) is 0 Å². The number of nitrogen functional groups attached to an aromatic ring is 1. The third-order valence-electron chi connectivity index (χ3n) is 3.54. The van der Waals surface area contributed by atoms with Gasteiger partial charge in [0.1, 0.15) is 0 Å². The molecular weight excluding hydrogens is 304 g/mol. The number of benzene rings is 1. The first-order valence-electron chi connectivity index (χ1n) is 6.74. The molecule has 0 radical (unpaired) electrons. The van der Waals surface area contributed by atoms with Gasteiger partial charge in [-0.25, -0.2) is 8.42 Å². The maximum Gasteiger partial charge on any atom is 0.243 e. The molecule has 21 heavy (non-hydrogen) atoms. The zero-order valence-corrected chi connectivity index (χ0v) is 14.1. The second-order valence-corrected chi connectivity index (χ2v) is 8.05. The zero-order chi connectivity index (χ0) is 15.6. The van der Waals surface area contributed by atoms with E-state index in [0.29, 0.717) is 12.2 Å². The molecule has 0 spiro atoms. The summed E-state index contributed by atoms with van der Waals surface area (Å²) in [6.07, 6.45) is 0.788. The number of aryl methyl sites for hydroxylation is 2. The molecule has 2 aromatic rings. The van der Waals surface area contributed by atoms with Gasteiger partial charge in [0.2, 0.25) is 10.0 Å². The molecule has 0 saturated heterocycles. The lowest BCUT2D eigenvalue weighted by molar-refractivity contribution is 0.469. The highest BCUT2D eigenvalue weighted by atomic mass is 32.2. The smallest absolute Gasteiger partial charge is 0.243 e. The Bertz CT molecular complexity index is 736. The molecule has 0 aliphatic heterocycles. The van der Waals surface area contributed by atoms with Crippen molar-refractivity contribution < 1.29 is 8.42 Å². The Morgan fingerprint density at radius 2 is 2.00 bits per heavy atom. The van der Waals surface area contributed by atoms with Crippen molar-refractivity contribution in [3.8, 4) is 0 Å². The van der Waals surface area contributed by atoms with Gasteiger partial charge >= 0.3 is 0 Å². The van der Waals surface area contributed by atoms with E-state index in [1.54, 1.807) is 36.6 Å². The number of anilines is 1. The van der Waals surface area contributed by atoms with Gasteiger partial charge in [0, 0.05) is 24.2 Å². The van der Waals surface area contributed by atoms with Crippen LogP contribution >= 0.6 is 11.3 Å². The van der Waals surface area contributed by atoms with Gasteiger partial charge in [0.25, 0.3) is 0 Å². The second kappa shape index (κ2) is 6.17. The number of hydrogen-bond acceptors (Lipinski definition) is 4. The van der Waals surface area contributed by atoms with Gasteiger partial charge in [-0.2, -0.15) is 4.31 Å². The molecule has 0 fully saturated rings. The molecule has 0 aliphatic carbocycles. The highest BCUT2D eigenvalue weighted by Crippen LogP contribution is 2.24. The molecule has 114 valence electrons. The molecule has 6 heteroatoms. The molecule has 4 nitrogen and oxygen atoms in total. The van der Waals surface area contributed by atoms with Crippen LogP contribution in [0.3, 0.4) is 0 Å². The first kappa shape index (κ1) is 16.0. The van der Waals surface area contributed by atoms with Crippen LogP contribution < -0.4 is 5.73 Å². The lowest BCUT2D eigenvalue weighted by atomic mass is 10.1. The normalized spacial score (nSPS) is 12.0. The van der Waals surface area contributed by atoms with E-state index in [1.165, 1.54) is 4.31 Å². The van der Waals surface area contributed by atoms with Crippen molar-refractivity contribution in [2.45, 2.75) is 31.7 Å². The summed E-state index contributed by atoms with van der Waals surface area (Å²) >= 11 is 1.57. The Hall–Kier alpha value is -1.37. The van der Waals surface area contributed by atoms with E-state index < -0.39 is 10.0 Å². The number of hydrogen-bond donors (Lipinski definition) is 1. The largest absolute Gasteiger partial charge is 0.398 e. The van der Waals surface area contributed by atoms with Crippen molar-refractivity contribution in [2.75, 3.05) is 12.8 Å². The molecule has 2 rings (SSSR count). The molecule has 0 bridgehead atoms. The van der Waals surface area contributed by atoms with E-state index in [1.807, 2.05) is 25.3 Å². The fourth-order valence-electron chi connectivity index (χ4n) is 2.09. The Morgan fingerprint density at radius 3 is 2.52 bits per heavy atom. The number of sulfonamides is 1. The Labute approximate surface area is 130 Å². The minimum absolute atomic E-state index is 0.244. The summed E-state index contributed by atoms with van der Waals surface area (Å²) in [5.41, 5.74) is 8.51. The standard InChI is InChI=1S/C15H20N2O2S2/c1-4-12-5-6-13(9-14(12)16)21(18,19)17(3)10-15-11(2)7-8-20-15/h5-9H,4,10,16H2,1-3H3. The quantitative estimate of drug-likeness (QED) is 0.860. The maximum atomic E-state index is 12.6. The summed E-state index contributed by atoms with van der Waals surface area (Å²) in [6, 6.07) is 6.95. The van der Waals surface area contributed by atoms with Gasteiger partial charge in [-0.05, 0) is 48.1 Å². The van der Waals surface area contributed by atoms with Crippen LogP contribution in [0.4, 0.5) is 5.69 Å². The minimum atomic E-state index is -3.52. The maximum absolute atomic E-state index is 12.6. The van der Waals surface area contributed by atoms with Crippen molar-refractivity contribution in [3.05, 3.63) is 45.6 Å². The summed E-state index contributed by atoms with van der Waals surface area (Å²) < 4.78 is 26.6. The van der Waals surface area contributed by atoms with Crippen LogP contribution in [0.2, 0.25) is 0 Å². The van der Waals surface area contributed by atoms with Crippen LogP contribution in [-0.4, -0.2) is 19.8 Å². The summed E-state index contributed by atoms with van der Waals surface area (Å²) in [5.74, 6) is 0. The third-order valence-corrected chi connectivity index (χ3v) is 6.35. The summed E-state index contributed by atoms with van der Waals surface area (Å²) in [7, 11) is -1.92. The lowest BCUT2D eigenvalue weighted by Gasteiger charge is -2.17. The van der Waals surface area contributed by atoms with Gasteiger partial charge in [0.05, 0.1) is 4.90 Å². The molecule has 2 N–H and O–H groups in total. The van der Waals surface area contributed by atoms with E-state index in [9.17, 15) is 8.42 Å². The average Bonchev–Trinajstić information content (AvgIpc) is 2.84. The average molecular weight is 324 g/mol. The molecule has 0 saturated carbocycles. The number of rotatable bonds is 5. The first-order valence-corrected chi connectivity index (χ1v) is 9.06. The SMILES string of the molecule is CCc1ccc(S(=O)(=O)N(C)Cc2sccc2C)cc1N. The molecule has 0 amide bonds. The minimum Gasteiger partial charge on any atom is -0.398 e. The Morgan fingerprint density at radius 1 is 1.29 bits per heavy atom. The van der Waals surface area contributed by atoms with Crippen molar-refractivity contribution in [1.82, 2.24) is 4.31 Å². The van der Waals surface area contributed by atoms with Crippen molar-refractivity contribution in [1.29, 1.82) is 0 Å². The zero-order valence-electron chi connectivity index (χ0n) is 12.5. The third kappa shape index (κ3) is 3.28. The van der Waals surface area contributed by atoms with Gasteiger partial charge < -0.3 is 5.73 Å². The van der Waals surface area contributed by atoms with Crippen LogP contribution in [0, 0.1) is 6.92 Å². The number of nitrogens with zero attached hydrogens (tertiary/aromatic N) is 1. The van der Waals surface area contributed by atoms with E-state index in [0.717, 1.165) is 22.4 Å². The van der Waals surface area contributed by atoms with Crippen LogP contribution in [0.15, 0.2) is 34.5 Å². The highest BCUT2D eigenvalue weighted by Gasteiger charge is 2.22. The number of nitrogens with two attached hydrogens (primary N) is 1. The molecule has 1 aromatic heterocycles. The molecule has 0 atom stereocenters. The van der Waals surface area contributed by atoms with Crippen LogP contribution in [0.25, 0.3) is 0 Å². The Kier molecular flexibility index (Phi) is 4.70. The predicted molar refractivity (Wildman–Crippen MR) is 87.9 cm³/mol. The van der Waals surface area contributed by atoms with Crippen molar-refractivity contribution in [3.63, 3.8) is 0 Å². The second-order valence-electron chi connectivity index (χ2n) is 5.00. The van der Waals surface area contributed by atoms with Crippen molar-refractivity contribution >= 4 is 27.0 Å². The molecule has 0 aliphatic rings. The first-order chi connectivity index (χ1) is 9.86. The molecular formula is C15H20N2O2S2. The van der Waals surface area contributed by atoms with Crippen LogP contribution in [0.1, 0.15) is 22.9 Å². The van der Waals surface area contributed by atoms with E-state index in [-0.39, 0.29) is 4.90 Å². The fourth-order valence-corrected chi connectivity index (χ4v) is 4.30. The predicted octanol–water partition coefficient (Wildman–Crippen LogP) is 3.02.